The third kappa shape index (κ3) is 4.35. The van der Waals surface area contributed by atoms with Gasteiger partial charge < -0.3 is 4.74 Å². The molecule has 0 aliphatic heterocycles. The molecule has 4 aliphatic carbocycles. The van der Waals surface area contributed by atoms with Gasteiger partial charge in [-0.05, 0) is 116 Å². The first-order valence-corrected chi connectivity index (χ1v) is 16.7. The van der Waals surface area contributed by atoms with Crippen LogP contribution in [0.3, 0.4) is 0 Å². The second kappa shape index (κ2) is 10.8. The predicted molar refractivity (Wildman–Crippen MR) is 170 cm³/mol. The van der Waals surface area contributed by atoms with Gasteiger partial charge in [-0.3, -0.25) is 4.79 Å². The van der Waals surface area contributed by atoms with E-state index in [1.807, 2.05) is 6.92 Å². The standard InChI is InChI=1S/C40H48O2/c1-28(41)35-21-22-36-34-20-19-32-27-33(23-25-38(32,2)37(34)24-26-39(35,36)3)42-40(29-13-7-4-8-14-29,30-15-9-5-10-16-30)31-17-11-6-12-18-31/h4-18,32-37H,19-27H2,1-3H3/t32-,33+,34+,35-,36+,37+,38+,39-/m1/s1. The third-order valence-corrected chi connectivity index (χ3v) is 13.0. The van der Waals surface area contributed by atoms with Crippen LogP contribution in [0, 0.1) is 40.4 Å². The second-order valence-electron chi connectivity index (χ2n) is 14.7. The molecule has 4 fully saturated rings. The number of ether oxygens (including phenoxy) is 1. The number of Topliss-reactive ketones (excluding diaryl/α,β-unsaturated/α-hetero) is 1. The molecule has 0 unspecified atom stereocenters. The fourth-order valence-electron chi connectivity index (χ4n) is 11.0. The van der Waals surface area contributed by atoms with Crippen LogP contribution < -0.4 is 0 Å². The lowest BCUT2D eigenvalue weighted by Gasteiger charge is -2.61. The number of carbonyl (C=O) groups excluding carboxylic acids is 1. The molecule has 0 aromatic heterocycles. The van der Waals surface area contributed by atoms with Crippen LogP contribution in [0.15, 0.2) is 91.0 Å². The number of carbonyl (C=O) groups is 1. The lowest BCUT2D eigenvalue weighted by molar-refractivity contribution is -0.153. The van der Waals surface area contributed by atoms with Crippen LogP contribution in [-0.4, -0.2) is 11.9 Å². The Labute approximate surface area is 253 Å². The van der Waals surface area contributed by atoms with Gasteiger partial charge in [0.25, 0.3) is 0 Å². The monoisotopic (exact) mass is 560 g/mol. The van der Waals surface area contributed by atoms with Gasteiger partial charge in [-0.1, -0.05) is 105 Å². The van der Waals surface area contributed by atoms with E-state index in [2.05, 4.69) is 105 Å². The number of rotatable bonds is 6. The molecule has 4 aliphatic rings. The summed E-state index contributed by atoms with van der Waals surface area (Å²) in [6.07, 6.45) is 11.3. The van der Waals surface area contributed by atoms with Crippen molar-refractivity contribution in [3.8, 4) is 0 Å². The number of fused-ring (bicyclic) bond motifs is 5. The van der Waals surface area contributed by atoms with E-state index >= 15 is 0 Å². The molecule has 4 saturated carbocycles. The Kier molecular flexibility index (Phi) is 7.21. The van der Waals surface area contributed by atoms with Crippen LogP contribution in [0.25, 0.3) is 0 Å². The van der Waals surface area contributed by atoms with Crippen LogP contribution in [0.2, 0.25) is 0 Å². The van der Waals surface area contributed by atoms with E-state index < -0.39 is 5.60 Å². The van der Waals surface area contributed by atoms with Crippen molar-refractivity contribution in [3.63, 3.8) is 0 Å². The van der Waals surface area contributed by atoms with Crippen LogP contribution >= 0.6 is 0 Å². The maximum atomic E-state index is 12.6. The average molecular weight is 561 g/mol. The van der Waals surface area contributed by atoms with Crippen LogP contribution in [0.4, 0.5) is 0 Å². The fraction of sp³-hybridized carbons (Fsp3) is 0.525. The minimum atomic E-state index is -0.641. The largest absolute Gasteiger partial charge is 0.358 e. The Morgan fingerprint density at radius 2 is 1.19 bits per heavy atom. The van der Waals surface area contributed by atoms with Gasteiger partial charge in [-0.2, -0.15) is 0 Å². The van der Waals surface area contributed by atoms with Gasteiger partial charge in [0.1, 0.15) is 11.4 Å². The van der Waals surface area contributed by atoms with E-state index in [1.54, 1.807) is 0 Å². The summed E-state index contributed by atoms with van der Waals surface area (Å²) in [5.41, 5.74) is 3.58. The zero-order chi connectivity index (χ0) is 29.0. The molecule has 2 heteroatoms. The molecule has 3 aromatic rings. The molecule has 42 heavy (non-hydrogen) atoms. The quantitative estimate of drug-likeness (QED) is 0.281. The molecule has 0 N–H and O–H groups in total. The Hall–Kier alpha value is -2.71. The molecule has 0 saturated heterocycles. The Balaban J connectivity index is 1.19. The highest BCUT2D eigenvalue weighted by atomic mass is 16.5. The van der Waals surface area contributed by atoms with Gasteiger partial charge >= 0.3 is 0 Å². The van der Waals surface area contributed by atoms with Gasteiger partial charge in [0.05, 0.1) is 6.10 Å². The molecule has 0 spiro atoms. The summed E-state index contributed by atoms with van der Waals surface area (Å²) < 4.78 is 7.56. The summed E-state index contributed by atoms with van der Waals surface area (Å²) in [5.74, 6) is 3.76. The van der Waals surface area contributed by atoms with Gasteiger partial charge in [0, 0.05) is 5.92 Å². The predicted octanol–water partition coefficient (Wildman–Crippen LogP) is 9.61. The summed E-state index contributed by atoms with van der Waals surface area (Å²) in [4.78, 5) is 12.6. The maximum absolute atomic E-state index is 12.6. The zero-order valence-corrected chi connectivity index (χ0v) is 25.8. The molecular weight excluding hydrogens is 512 g/mol. The lowest BCUT2D eigenvalue weighted by Crippen LogP contribution is -2.54. The molecule has 0 bridgehead atoms. The van der Waals surface area contributed by atoms with Crippen molar-refractivity contribution in [1.82, 2.24) is 0 Å². The summed E-state index contributed by atoms with van der Waals surface area (Å²) in [7, 11) is 0. The molecular formula is C40H48O2. The first kappa shape index (κ1) is 28.1. The van der Waals surface area contributed by atoms with Crippen molar-refractivity contribution in [3.05, 3.63) is 108 Å². The van der Waals surface area contributed by atoms with Crippen LogP contribution in [0.5, 0.6) is 0 Å². The Morgan fingerprint density at radius 1 is 0.667 bits per heavy atom. The summed E-state index contributed by atoms with van der Waals surface area (Å²) in [6, 6.07) is 32.7. The van der Waals surface area contributed by atoms with E-state index in [-0.39, 0.29) is 11.5 Å². The molecule has 0 amide bonds. The zero-order valence-electron chi connectivity index (χ0n) is 25.8. The van der Waals surface area contributed by atoms with E-state index in [0.29, 0.717) is 23.0 Å². The number of ketones is 1. The minimum Gasteiger partial charge on any atom is -0.358 e. The highest BCUT2D eigenvalue weighted by Gasteiger charge is 2.61. The van der Waals surface area contributed by atoms with Gasteiger partial charge in [-0.25, -0.2) is 0 Å². The first-order chi connectivity index (χ1) is 20.4. The van der Waals surface area contributed by atoms with E-state index in [0.717, 1.165) is 37.0 Å². The minimum absolute atomic E-state index is 0.211. The topological polar surface area (TPSA) is 26.3 Å². The van der Waals surface area contributed by atoms with Gasteiger partial charge in [-0.15, -0.1) is 0 Å². The van der Waals surface area contributed by atoms with Crippen molar-refractivity contribution in [2.45, 2.75) is 90.3 Å². The van der Waals surface area contributed by atoms with Gasteiger partial charge in [0.15, 0.2) is 0 Å². The van der Waals surface area contributed by atoms with Crippen molar-refractivity contribution in [1.29, 1.82) is 0 Å². The highest BCUT2D eigenvalue weighted by molar-refractivity contribution is 5.79. The normalized spacial score (nSPS) is 36.0. The van der Waals surface area contributed by atoms with Crippen molar-refractivity contribution >= 4 is 5.78 Å². The number of hydrogen-bond acceptors (Lipinski definition) is 2. The highest BCUT2D eigenvalue weighted by Crippen LogP contribution is 2.67. The summed E-state index contributed by atoms with van der Waals surface area (Å²) >= 11 is 0. The fourth-order valence-corrected chi connectivity index (χ4v) is 11.0. The molecule has 8 atom stereocenters. The summed E-state index contributed by atoms with van der Waals surface area (Å²) in [5, 5.41) is 0. The van der Waals surface area contributed by atoms with E-state index in [1.165, 1.54) is 55.2 Å². The molecule has 2 nitrogen and oxygen atoms in total. The van der Waals surface area contributed by atoms with Crippen LogP contribution in [0.1, 0.15) is 95.2 Å². The smallest absolute Gasteiger partial charge is 0.144 e. The average Bonchev–Trinajstić information content (AvgIpc) is 3.39. The second-order valence-corrected chi connectivity index (χ2v) is 14.7. The van der Waals surface area contributed by atoms with Gasteiger partial charge in [0.2, 0.25) is 0 Å². The molecule has 3 aromatic carbocycles. The molecule has 0 radical (unpaired) electrons. The van der Waals surface area contributed by atoms with E-state index in [4.69, 9.17) is 4.74 Å². The number of hydrogen-bond donors (Lipinski definition) is 0. The SMILES string of the molecule is CC(=O)[C@H]1CC[C@H]2[C@@H]3CC[C@@H]4C[C@@H](OC(c5ccccc5)(c5ccccc5)c5ccccc5)CC[C@]4(C)[C@H]3CC[C@]12C. The van der Waals surface area contributed by atoms with Crippen molar-refractivity contribution in [2.24, 2.45) is 40.4 Å². The van der Waals surface area contributed by atoms with Crippen LogP contribution in [-0.2, 0) is 15.1 Å². The third-order valence-electron chi connectivity index (χ3n) is 13.0. The molecule has 220 valence electrons. The Morgan fingerprint density at radius 3 is 1.74 bits per heavy atom. The Bertz CT molecular complexity index is 1290. The summed E-state index contributed by atoms with van der Waals surface area (Å²) in [6.45, 7) is 6.97. The molecule has 0 heterocycles. The first-order valence-electron chi connectivity index (χ1n) is 16.7. The van der Waals surface area contributed by atoms with E-state index in [9.17, 15) is 4.79 Å². The lowest BCUT2D eigenvalue weighted by atomic mass is 9.44. The molecule has 7 rings (SSSR count). The van der Waals surface area contributed by atoms with Crippen molar-refractivity contribution in [2.75, 3.05) is 0 Å². The van der Waals surface area contributed by atoms with Crippen molar-refractivity contribution < 1.29 is 9.53 Å². The number of benzene rings is 3. The maximum Gasteiger partial charge on any atom is 0.144 e.